The molecule has 0 amide bonds. The number of aromatic amines is 1. The summed E-state index contributed by atoms with van der Waals surface area (Å²) in [6.07, 6.45) is 0.911. The zero-order valence-electron chi connectivity index (χ0n) is 12.8. The van der Waals surface area contributed by atoms with Crippen molar-refractivity contribution in [2.45, 2.75) is 20.3 Å². The van der Waals surface area contributed by atoms with Gasteiger partial charge in [-0.25, -0.2) is 4.79 Å². The predicted octanol–water partition coefficient (Wildman–Crippen LogP) is 4.57. The van der Waals surface area contributed by atoms with Crippen LogP contribution in [0.1, 0.15) is 29.9 Å². The molecule has 0 aliphatic carbocycles. The molecule has 0 spiro atoms. The molecule has 0 aliphatic heterocycles. The van der Waals surface area contributed by atoms with Crippen molar-refractivity contribution in [3.05, 3.63) is 59.8 Å². The third-order valence-corrected chi connectivity index (χ3v) is 3.84. The molecule has 3 nitrogen and oxygen atoms in total. The number of H-pyrrole nitrogens is 1. The van der Waals surface area contributed by atoms with E-state index in [2.05, 4.69) is 24.0 Å². The van der Waals surface area contributed by atoms with Crippen molar-refractivity contribution < 1.29 is 9.53 Å². The molecule has 3 rings (SSSR count). The molecule has 0 aliphatic rings. The third-order valence-electron chi connectivity index (χ3n) is 3.84. The zero-order valence-corrected chi connectivity index (χ0v) is 12.8. The van der Waals surface area contributed by atoms with E-state index in [0.717, 1.165) is 28.5 Å². The summed E-state index contributed by atoms with van der Waals surface area (Å²) in [6, 6.07) is 16.1. The second-order valence-electron chi connectivity index (χ2n) is 5.15. The average molecular weight is 293 g/mol. The summed E-state index contributed by atoms with van der Waals surface area (Å²) in [6.45, 7) is 4.30. The van der Waals surface area contributed by atoms with Crippen LogP contribution in [0.3, 0.4) is 0 Å². The Bertz CT molecular complexity index is 803. The number of esters is 1. The van der Waals surface area contributed by atoms with Gasteiger partial charge in [-0.3, -0.25) is 0 Å². The van der Waals surface area contributed by atoms with Crippen molar-refractivity contribution >= 4 is 16.9 Å². The highest BCUT2D eigenvalue weighted by molar-refractivity contribution is 6.08. The monoisotopic (exact) mass is 293 g/mol. The molecule has 0 atom stereocenters. The molecule has 1 heterocycles. The summed E-state index contributed by atoms with van der Waals surface area (Å²) in [5, 5.41) is 1.06. The molecule has 112 valence electrons. The molecule has 0 radical (unpaired) electrons. The molecule has 2 aromatic carbocycles. The smallest absolute Gasteiger partial charge is 0.355 e. The highest BCUT2D eigenvalue weighted by Gasteiger charge is 2.20. The van der Waals surface area contributed by atoms with E-state index in [-0.39, 0.29) is 5.97 Å². The van der Waals surface area contributed by atoms with Crippen LogP contribution in [0.15, 0.2) is 48.5 Å². The lowest BCUT2D eigenvalue weighted by molar-refractivity contribution is 0.0521. The number of aryl methyl sites for hydroxylation is 1. The van der Waals surface area contributed by atoms with Gasteiger partial charge in [0, 0.05) is 16.5 Å². The second-order valence-corrected chi connectivity index (χ2v) is 5.15. The van der Waals surface area contributed by atoms with E-state index in [4.69, 9.17) is 4.74 Å². The fourth-order valence-electron chi connectivity index (χ4n) is 2.83. The second kappa shape index (κ2) is 6.06. The Morgan fingerprint density at radius 1 is 1.05 bits per heavy atom. The van der Waals surface area contributed by atoms with Crippen molar-refractivity contribution in [1.29, 1.82) is 0 Å². The molecule has 0 unspecified atom stereocenters. The van der Waals surface area contributed by atoms with Crippen LogP contribution in [0, 0.1) is 0 Å². The van der Waals surface area contributed by atoms with Crippen molar-refractivity contribution in [2.24, 2.45) is 0 Å². The van der Waals surface area contributed by atoms with Gasteiger partial charge in [0.25, 0.3) is 0 Å². The number of benzene rings is 2. The summed E-state index contributed by atoms with van der Waals surface area (Å²) in [5.74, 6) is -0.306. The van der Waals surface area contributed by atoms with Crippen LogP contribution in [0.25, 0.3) is 22.0 Å². The Balaban J connectivity index is 2.31. The van der Waals surface area contributed by atoms with Crippen LogP contribution in [0.4, 0.5) is 0 Å². The van der Waals surface area contributed by atoms with Gasteiger partial charge in [-0.15, -0.1) is 0 Å². The molecule has 22 heavy (non-hydrogen) atoms. The zero-order chi connectivity index (χ0) is 15.5. The molecule has 0 bridgehead atoms. The maximum Gasteiger partial charge on any atom is 0.355 e. The van der Waals surface area contributed by atoms with E-state index in [9.17, 15) is 4.79 Å². The lowest BCUT2D eigenvalue weighted by Gasteiger charge is -2.05. The van der Waals surface area contributed by atoms with Gasteiger partial charge in [0.15, 0.2) is 0 Å². The summed E-state index contributed by atoms with van der Waals surface area (Å²) >= 11 is 0. The first-order valence-corrected chi connectivity index (χ1v) is 7.62. The molecule has 0 saturated heterocycles. The number of hydrogen-bond acceptors (Lipinski definition) is 2. The van der Waals surface area contributed by atoms with Crippen molar-refractivity contribution in [2.75, 3.05) is 6.61 Å². The first-order valence-electron chi connectivity index (χ1n) is 7.62. The third kappa shape index (κ3) is 2.39. The van der Waals surface area contributed by atoms with Gasteiger partial charge < -0.3 is 9.72 Å². The van der Waals surface area contributed by atoms with Gasteiger partial charge in [0.05, 0.1) is 6.61 Å². The molecule has 1 N–H and O–H groups in total. The summed E-state index contributed by atoms with van der Waals surface area (Å²) in [5.41, 5.74) is 4.69. The quantitative estimate of drug-likeness (QED) is 0.716. The number of carbonyl (C=O) groups excluding carboxylic acids is 1. The van der Waals surface area contributed by atoms with E-state index in [1.807, 2.05) is 43.3 Å². The lowest BCUT2D eigenvalue weighted by Crippen LogP contribution is -2.06. The Morgan fingerprint density at radius 2 is 1.82 bits per heavy atom. The van der Waals surface area contributed by atoms with Crippen LogP contribution in [0.5, 0.6) is 0 Å². The van der Waals surface area contributed by atoms with E-state index < -0.39 is 0 Å². The molecule has 1 aromatic heterocycles. The minimum absolute atomic E-state index is 0.306. The maximum absolute atomic E-state index is 12.4. The predicted molar refractivity (Wildman–Crippen MR) is 89.1 cm³/mol. The highest BCUT2D eigenvalue weighted by Crippen LogP contribution is 2.34. The fraction of sp³-hybridized carbons (Fsp3) is 0.211. The number of ether oxygens (including phenoxy) is 1. The first-order chi connectivity index (χ1) is 10.8. The fourth-order valence-corrected chi connectivity index (χ4v) is 2.83. The standard InChI is InChI=1S/C19H19NO2/c1-3-13-11-8-12-15-16(14-9-6-5-7-10-14)18(20-17(13)15)19(21)22-4-2/h5-12,20H,3-4H2,1-2H3. The summed E-state index contributed by atoms with van der Waals surface area (Å²) in [7, 11) is 0. The largest absolute Gasteiger partial charge is 0.461 e. The molecular formula is C19H19NO2. The van der Waals surface area contributed by atoms with E-state index >= 15 is 0 Å². The van der Waals surface area contributed by atoms with E-state index in [1.165, 1.54) is 5.56 Å². The van der Waals surface area contributed by atoms with Gasteiger partial charge >= 0.3 is 5.97 Å². The first kappa shape index (κ1) is 14.4. The molecule has 3 aromatic rings. The van der Waals surface area contributed by atoms with Gasteiger partial charge in [-0.05, 0) is 24.5 Å². The number of aromatic nitrogens is 1. The van der Waals surface area contributed by atoms with Gasteiger partial charge in [-0.2, -0.15) is 0 Å². The number of fused-ring (bicyclic) bond motifs is 1. The maximum atomic E-state index is 12.4. The van der Waals surface area contributed by atoms with Crippen LogP contribution in [-0.4, -0.2) is 17.6 Å². The van der Waals surface area contributed by atoms with Crippen LogP contribution >= 0.6 is 0 Å². The minimum Gasteiger partial charge on any atom is -0.461 e. The Kier molecular flexibility index (Phi) is 3.96. The number of carbonyl (C=O) groups is 1. The molecular weight excluding hydrogens is 274 g/mol. The van der Waals surface area contributed by atoms with E-state index in [1.54, 1.807) is 0 Å². The van der Waals surface area contributed by atoms with Crippen LogP contribution in [0.2, 0.25) is 0 Å². The van der Waals surface area contributed by atoms with Gasteiger partial charge in [0.2, 0.25) is 0 Å². The Hall–Kier alpha value is -2.55. The Labute approximate surface area is 129 Å². The van der Waals surface area contributed by atoms with Gasteiger partial charge in [0.1, 0.15) is 5.69 Å². The van der Waals surface area contributed by atoms with Gasteiger partial charge in [-0.1, -0.05) is 55.5 Å². The van der Waals surface area contributed by atoms with Crippen LogP contribution < -0.4 is 0 Å². The summed E-state index contributed by atoms with van der Waals surface area (Å²) in [4.78, 5) is 15.6. The topological polar surface area (TPSA) is 42.1 Å². The molecule has 3 heteroatoms. The average Bonchev–Trinajstić information content (AvgIpc) is 2.95. The highest BCUT2D eigenvalue weighted by atomic mass is 16.5. The lowest BCUT2D eigenvalue weighted by atomic mass is 10.00. The number of hydrogen-bond donors (Lipinski definition) is 1. The summed E-state index contributed by atoms with van der Waals surface area (Å²) < 4.78 is 5.22. The Morgan fingerprint density at radius 3 is 2.50 bits per heavy atom. The SMILES string of the molecule is CCOC(=O)c1[nH]c2c(CC)cccc2c1-c1ccccc1. The molecule has 0 saturated carbocycles. The van der Waals surface area contributed by atoms with Crippen molar-refractivity contribution in [3.8, 4) is 11.1 Å². The number of rotatable bonds is 4. The number of para-hydroxylation sites is 1. The normalized spacial score (nSPS) is 10.8. The van der Waals surface area contributed by atoms with E-state index in [0.29, 0.717) is 12.3 Å². The minimum atomic E-state index is -0.306. The van der Waals surface area contributed by atoms with Crippen molar-refractivity contribution in [3.63, 3.8) is 0 Å². The molecule has 0 fully saturated rings. The van der Waals surface area contributed by atoms with Crippen molar-refractivity contribution in [1.82, 2.24) is 4.98 Å². The van der Waals surface area contributed by atoms with Crippen LogP contribution in [-0.2, 0) is 11.2 Å². The number of nitrogens with one attached hydrogen (secondary N) is 1.